The number of ether oxygens (including phenoxy) is 1. The molecule has 0 fully saturated rings. The minimum Gasteiger partial charge on any atom is -0.444 e. The van der Waals surface area contributed by atoms with Crippen LogP contribution in [0, 0.1) is 17.1 Å². The van der Waals surface area contributed by atoms with Crippen LogP contribution in [-0.4, -0.2) is 16.7 Å². The number of hydrogen-bond acceptors (Lipinski definition) is 5. The lowest BCUT2D eigenvalue weighted by atomic mass is 9.91. The highest BCUT2D eigenvalue weighted by Gasteiger charge is 2.22. The van der Waals surface area contributed by atoms with E-state index in [1.807, 2.05) is 0 Å². The fraction of sp³-hybridized carbons (Fsp3) is 0.350. The first-order chi connectivity index (χ1) is 12.5. The predicted octanol–water partition coefficient (Wildman–Crippen LogP) is 5.11. The van der Waals surface area contributed by atoms with Gasteiger partial charge in [-0.2, -0.15) is 5.26 Å². The standard InChI is InChI=1S/C20H23FN4O2/c1-19(2,3)27-18(26)23-13-9-10-14(21)15(11-13)24-17-8-6-7-16(25-17)20(4,5)12-22/h6-11H,1-5H3,(H,23,26)(H,24,25). The maximum Gasteiger partial charge on any atom is 0.412 e. The molecule has 0 saturated carbocycles. The van der Waals surface area contributed by atoms with Gasteiger partial charge in [-0.1, -0.05) is 6.07 Å². The van der Waals surface area contributed by atoms with Crippen molar-refractivity contribution < 1.29 is 13.9 Å². The molecular formula is C20H23FN4O2. The van der Waals surface area contributed by atoms with Crippen LogP contribution in [0.15, 0.2) is 36.4 Å². The Hall–Kier alpha value is -3.14. The van der Waals surface area contributed by atoms with Gasteiger partial charge in [0.1, 0.15) is 17.2 Å². The number of pyridine rings is 1. The molecule has 0 saturated heterocycles. The number of anilines is 3. The van der Waals surface area contributed by atoms with Crippen LogP contribution in [0.2, 0.25) is 0 Å². The third-order valence-corrected chi connectivity index (χ3v) is 3.54. The van der Waals surface area contributed by atoms with Gasteiger partial charge in [0, 0.05) is 5.69 Å². The zero-order valence-corrected chi connectivity index (χ0v) is 16.1. The van der Waals surface area contributed by atoms with E-state index in [1.165, 1.54) is 18.2 Å². The van der Waals surface area contributed by atoms with Gasteiger partial charge in [-0.3, -0.25) is 5.32 Å². The summed E-state index contributed by atoms with van der Waals surface area (Å²) in [6.45, 7) is 8.78. The highest BCUT2D eigenvalue weighted by molar-refractivity contribution is 5.85. The molecule has 6 nitrogen and oxygen atoms in total. The zero-order valence-electron chi connectivity index (χ0n) is 16.1. The SMILES string of the molecule is CC(C)(C)OC(=O)Nc1ccc(F)c(Nc2cccc(C(C)(C)C#N)n2)c1. The average molecular weight is 370 g/mol. The van der Waals surface area contributed by atoms with E-state index in [0.29, 0.717) is 17.2 Å². The summed E-state index contributed by atoms with van der Waals surface area (Å²) in [4.78, 5) is 16.3. The fourth-order valence-corrected chi connectivity index (χ4v) is 2.17. The predicted molar refractivity (Wildman–Crippen MR) is 102 cm³/mol. The van der Waals surface area contributed by atoms with E-state index in [0.717, 1.165) is 0 Å². The van der Waals surface area contributed by atoms with Crippen LogP contribution in [0.3, 0.4) is 0 Å². The quantitative estimate of drug-likeness (QED) is 0.781. The van der Waals surface area contributed by atoms with Crippen LogP contribution in [0.1, 0.15) is 40.3 Å². The van der Waals surface area contributed by atoms with E-state index in [4.69, 9.17) is 4.74 Å². The third kappa shape index (κ3) is 5.68. The fourth-order valence-electron chi connectivity index (χ4n) is 2.17. The lowest BCUT2D eigenvalue weighted by Crippen LogP contribution is -2.27. The lowest BCUT2D eigenvalue weighted by molar-refractivity contribution is 0.0636. The zero-order chi connectivity index (χ0) is 20.2. The lowest BCUT2D eigenvalue weighted by Gasteiger charge is -2.20. The number of carbonyl (C=O) groups excluding carboxylic acids is 1. The van der Waals surface area contributed by atoms with Crippen LogP contribution in [0.25, 0.3) is 0 Å². The van der Waals surface area contributed by atoms with Crippen molar-refractivity contribution in [3.63, 3.8) is 0 Å². The molecule has 0 radical (unpaired) electrons. The minimum atomic E-state index is -0.768. The van der Waals surface area contributed by atoms with Crippen molar-refractivity contribution >= 4 is 23.3 Å². The van der Waals surface area contributed by atoms with Gasteiger partial charge in [-0.25, -0.2) is 14.2 Å². The first-order valence-electron chi connectivity index (χ1n) is 8.45. The number of aromatic nitrogens is 1. The van der Waals surface area contributed by atoms with Crippen molar-refractivity contribution in [1.29, 1.82) is 5.26 Å². The molecular weight excluding hydrogens is 347 g/mol. The van der Waals surface area contributed by atoms with Crippen LogP contribution >= 0.6 is 0 Å². The Morgan fingerprint density at radius 3 is 2.52 bits per heavy atom. The maximum atomic E-state index is 14.2. The van der Waals surface area contributed by atoms with Gasteiger partial charge in [-0.05, 0) is 65.0 Å². The summed E-state index contributed by atoms with van der Waals surface area (Å²) in [7, 11) is 0. The Morgan fingerprint density at radius 2 is 1.89 bits per heavy atom. The summed E-state index contributed by atoms with van der Waals surface area (Å²) in [5.41, 5.74) is -0.317. The number of benzene rings is 1. The van der Waals surface area contributed by atoms with Crippen molar-refractivity contribution in [3.05, 3.63) is 47.9 Å². The molecule has 0 spiro atoms. The topological polar surface area (TPSA) is 87.0 Å². The number of carbonyl (C=O) groups is 1. The van der Waals surface area contributed by atoms with Gasteiger partial charge in [0.05, 0.1) is 22.9 Å². The summed E-state index contributed by atoms with van der Waals surface area (Å²) in [6.07, 6.45) is -0.629. The second-order valence-electron chi connectivity index (χ2n) is 7.59. The van der Waals surface area contributed by atoms with E-state index in [1.54, 1.807) is 52.8 Å². The van der Waals surface area contributed by atoms with Crippen molar-refractivity contribution in [2.75, 3.05) is 10.6 Å². The molecule has 0 aliphatic carbocycles. The molecule has 2 aromatic rings. The number of amides is 1. The summed E-state index contributed by atoms with van der Waals surface area (Å²) in [6, 6.07) is 11.5. The van der Waals surface area contributed by atoms with Crippen molar-refractivity contribution in [3.8, 4) is 6.07 Å². The summed E-state index contributed by atoms with van der Waals surface area (Å²) >= 11 is 0. The molecule has 1 aromatic heterocycles. The number of hydrogen-bond donors (Lipinski definition) is 2. The van der Waals surface area contributed by atoms with Gasteiger partial charge in [0.2, 0.25) is 0 Å². The molecule has 7 heteroatoms. The average Bonchev–Trinajstić information content (AvgIpc) is 2.56. The minimum absolute atomic E-state index is 0.142. The van der Waals surface area contributed by atoms with Gasteiger partial charge < -0.3 is 10.1 Å². The Morgan fingerprint density at radius 1 is 1.19 bits per heavy atom. The van der Waals surface area contributed by atoms with Gasteiger partial charge in [0.25, 0.3) is 0 Å². The van der Waals surface area contributed by atoms with Crippen molar-refractivity contribution in [2.24, 2.45) is 0 Å². The second kappa shape index (κ2) is 7.62. The molecule has 2 rings (SSSR count). The Labute approximate surface area is 158 Å². The molecule has 27 heavy (non-hydrogen) atoms. The summed E-state index contributed by atoms with van der Waals surface area (Å²) < 4.78 is 19.4. The highest BCUT2D eigenvalue weighted by Crippen LogP contribution is 2.26. The Balaban J connectivity index is 2.21. The molecule has 1 aromatic carbocycles. The van der Waals surface area contributed by atoms with Gasteiger partial charge in [0.15, 0.2) is 0 Å². The molecule has 142 valence electrons. The molecule has 0 bridgehead atoms. The number of nitrogens with one attached hydrogen (secondary N) is 2. The number of nitrogens with zero attached hydrogens (tertiary/aromatic N) is 2. The second-order valence-corrected chi connectivity index (χ2v) is 7.59. The largest absolute Gasteiger partial charge is 0.444 e. The van der Waals surface area contributed by atoms with E-state index >= 15 is 0 Å². The van der Waals surface area contributed by atoms with Crippen LogP contribution in [-0.2, 0) is 10.2 Å². The van der Waals surface area contributed by atoms with Gasteiger partial charge in [-0.15, -0.1) is 0 Å². The maximum absolute atomic E-state index is 14.2. The first-order valence-corrected chi connectivity index (χ1v) is 8.45. The van der Waals surface area contributed by atoms with E-state index in [2.05, 4.69) is 21.7 Å². The molecule has 1 heterocycles. The molecule has 2 N–H and O–H groups in total. The van der Waals surface area contributed by atoms with Crippen LogP contribution < -0.4 is 10.6 Å². The van der Waals surface area contributed by atoms with Crippen molar-refractivity contribution in [2.45, 2.75) is 45.6 Å². The van der Waals surface area contributed by atoms with E-state index < -0.39 is 22.9 Å². The first kappa shape index (κ1) is 20.2. The molecule has 1 amide bonds. The van der Waals surface area contributed by atoms with Crippen LogP contribution in [0.5, 0.6) is 0 Å². The normalized spacial score (nSPS) is 11.4. The van der Waals surface area contributed by atoms with E-state index in [9.17, 15) is 14.4 Å². The van der Waals surface area contributed by atoms with E-state index in [-0.39, 0.29) is 5.69 Å². The molecule has 0 atom stereocenters. The Kier molecular flexibility index (Phi) is 5.69. The summed E-state index contributed by atoms with van der Waals surface area (Å²) in [5.74, 6) is -0.111. The third-order valence-electron chi connectivity index (χ3n) is 3.54. The molecule has 0 unspecified atom stereocenters. The Bertz CT molecular complexity index is 882. The van der Waals surface area contributed by atoms with Crippen LogP contribution in [0.4, 0.5) is 26.4 Å². The molecule has 0 aliphatic heterocycles. The number of halogens is 1. The number of nitriles is 1. The van der Waals surface area contributed by atoms with Crippen molar-refractivity contribution in [1.82, 2.24) is 4.98 Å². The highest BCUT2D eigenvalue weighted by atomic mass is 19.1. The smallest absolute Gasteiger partial charge is 0.412 e. The monoisotopic (exact) mass is 370 g/mol. The van der Waals surface area contributed by atoms with Gasteiger partial charge >= 0.3 is 6.09 Å². The molecule has 0 aliphatic rings. The summed E-state index contributed by atoms with van der Waals surface area (Å²) in [5, 5.41) is 14.7. The number of rotatable bonds is 4.